The Morgan fingerprint density at radius 2 is 2.16 bits per heavy atom. The van der Waals surface area contributed by atoms with E-state index in [-0.39, 0.29) is 12.0 Å². The lowest BCUT2D eigenvalue weighted by molar-refractivity contribution is -0.128. The third-order valence-corrected chi connectivity index (χ3v) is 3.32. The van der Waals surface area contributed by atoms with Crippen LogP contribution in [0.1, 0.15) is 12.5 Å². The van der Waals surface area contributed by atoms with Crippen molar-refractivity contribution in [2.24, 2.45) is 5.41 Å². The molecule has 19 heavy (non-hydrogen) atoms. The lowest BCUT2D eigenvalue weighted by Crippen LogP contribution is -2.50. The molecule has 0 spiro atoms. The van der Waals surface area contributed by atoms with Gasteiger partial charge in [0.25, 0.3) is 0 Å². The highest BCUT2D eigenvalue weighted by atomic mass is 16.5. The number of anilines is 2. The lowest BCUT2D eigenvalue weighted by Gasteiger charge is -2.40. The molecular formula is C14H19N3O2. The minimum Gasteiger partial charge on any atom is -0.396 e. The minimum absolute atomic E-state index is 0.106. The Balaban J connectivity index is 2.11. The average molecular weight is 261 g/mol. The molecule has 1 saturated heterocycles. The largest absolute Gasteiger partial charge is 0.396 e. The standard InChI is InChI=1S/C14H19N3O2/c1-2-16-12-4-3-11(6-15)5-13(12)17-7-14(8-18)9-19-10-14/h3-5,16-18H,2,7-10H2,1H3. The molecule has 2 rings (SSSR count). The first-order chi connectivity index (χ1) is 9.23. The van der Waals surface area contributed by atoms with Crippen LogP contribution in [0.3, 0.4) is 0 Å². The number of rotatable bonds is 6. The monoisotopic (exact) mass is 261 g/mol. The van der Waals surface area contributed by atoms with Gasteiger partial charge < -0.3 is 20.5 Å². The SMILES string of the molecule is CCNc1ccc(C#N)cc1NCC1(CO)COC1. The van der Waals surface area contributed by atoms with E-state index in [2.05, 4.69) is 16.7 Å². The van der Waals surface area contributed by atoms with E-state index in [0.717, 1.165) is 17.9 Å². The molecule has 1 aliphatic rings. The van der Waals surface area contributed by atoms with Crippen LogP contribution in [0.15, 0.2) is 18.2 Å². The second kappa shape index (κ2) is 5.91. The van der Waals surface area contributed by atoms with Gasteiger partial charge in [-0.05, 0) is 25.1 Å². The number of aliphatic hydroxyl groups is 1. The Morgan fingerprint density at radius 1 is 1.37 bits per heavy atom. The van der Waals surface area contributed by atoms with Gasteiger partial charge in [-0.15, -0.1) is 0 Å². The van der Waals surface area contributed by atoms with E-state index in [0.29, 0.717) is 25.3 Å². The van der Waals surface area contributed by atoms with Crippen molar-refractivity contribution in [2.45, 2.75) is 6.92 Å². The molecule has 0 bridgehead atoms. The summed E-state index contributed by atoms with van der Waals surface area (Å²) in [6, 6.07) is 7.64. The third-order valence-electron chi connectivity index (χ3n) is 3.32. The molecule has 1 heterocycles. The van der Waals surface area contributed by atoms with Gasteiger partial charge in [-0.3, -0.25) is 0 Å². The molecule has 102 valence electrons. The zero-order valence-corrected chi connectivity index (χ0v) is 11.1. The fraction of sp³-hybridized carbons (Fsp3) is 0.500. The third kappa shape index (κ3) is 2.98. The highest BCUT2D eigenvalue weighted by Gasteiger charge is 2.37. The van der Waals surface area contributed by atoms with Crippen molar-refractivity contribution in [3.63, 3.8) is 0 Å². The van der Waals surface area contributed by atoms with Crippen LogP contribution in [-0.2, 0) is 4.74 Å². The van der Waals surface area contributed by atoms with Gasteiger partial charge in [-0.1, -0.05) is 0 Å². The van der Waals surface area contributed by atoms with E-state index in [4.69, 9.17) is 10.00 Å². The number of aliphatic hydroxyl groups excluding tert-OH is 1. The maximum absolute atomic E-state index is 9.40. The van der Waals surface area contributed by atoms with E-state index >= 15 is 0 Å². The molecule has 0 atom stereocenters. The number of hydrogen-bond donors (Lipinski definition) is 3. The second-order valence-corrected chi connectivity index (χ2v) is 4.91. The van der Waals surface area contributed by atoms with Crippen molar-refractivity contribution >= 4 is 11.4 Å². The van der Waals surface area contributed by atoms with E-state index < -0.39 is 0 Å². The Kier molecular flexibility index (Phi) is 4.25. The molecule has 5 nitrogen and oxygen atoms in total. The first-order valence-electron chi connectivity index (χ1n) is 6.43. The second-order valence-electron chi connectivity index (χ2n) is 4.91. The van der Waals surface area contributed by atoms with Crippen LogP contribution in [0.25, 0.3) is 0 Å². The molecule has 0 unspecified atom stereocenters. The summed E-state index contributed by atoms with van der Waals surface area (Å²) in [4.78, 5) is 0. The Bertz CT molecular complexity index is 473. The van der Waals surface area contributed by atoms with Crippen molar-refractivity contribution in [3.8, 4) is 6.07 Å². The number of hydrogen-bond acceptors (Lipinski definition) is 5. The van der Waals surface area contributed by atoms with Gasteiger partial charge >= 0.3 is 0 Å². The highest BCUT2D eigenvalue weighted by molar-refractivity contribution is 5.70. The van der Waals surface area contributed by atoms with E-state index in [9.17, 15) is 5.11 Å². The fourth-order valence-corrected chi connectivity index (χ4v) is 2.03. The van der Waals surface area contributed by atoms with Gasteiger partial charge in [0.1, 0.15) is 0 Å². The van der Waals surface area contributed by atoms with Gasteiger partial charge in [0.2, 0.25) is 0 Å². The smallest absolute Gasteiger partial charge is 0.0992 e. The summed E-state index contributed by atoms with van der Waals surface area (Å²) in [5.74, 6) is 0. The van der Waals surface area contributed by atoms with Crippen LogP contribution in [0.5, 0.6) is 0 Å². The van der Waals surface area contributed by atoms with Crippen LogP contribution in [0, 0.1) is 16.7 Å². The molecule has 3 N–H and O–H groups in total. The zero-order chi connectivity index (χ0) is 13.7. The number of nitrogens with zero attached hydrogens (tertiary/aromatic N) is 1. The van der Waals surface area contributed by atoms with Crippen molar-refractivity contribution in [1.82, 2.24) is 0 Å². The maximum Gasteiger partial charge on any atom is 0.0992 e. The van der Waals surface area contributed by atoms with Gasteiger partial charge in [-0.2, -0.15) is 5.26 Å². The van der Waals surface area contributed by atoms with Crippen LogP contribution in [-0.4, -0.2) is 38.0 Å². The molecule has 0 saturated carbocycles. The lowest BCUT2D eigenvalue weighted by atomic mass is 9.87. The van der Waals surface area contributed by atoms with Crippen molar-refractivity contribution < 1.29 is 9.84 Å². The van der Waals surface area contributed by atoms with Crippen LogP contribution >= 0.6 is 0 Å². The number of benzene rings is 1. The molecule has 0 aromatic heterocycles. The summed E-state index contributed by atoms with van der Waals surface area (Å²) in [5.41, 5.74) is 2.29. The summed E-state index contributed by atoms with van der Waals surface area (Å²) in [5, 5.41) is 24.9. The first kappa shape index (κ1) is 13.7. The molecule has 1 aromatic rings. The molecule has 1 aliphatic heterocycles. The summed E-state index contributed by atoms with van der Waals surface area (Å²) >= 11 is 0. The fourth-order valence-electron chi connectivity index (χ4n) is 2.03. The summed E-state index contributed by atoms with van der Waals surface area (Å²) in [6.07, 6.45) is 0. The maximum atomic E-state index is 9.40. The van der Waals surface area contributed by atoms with Gasteiger partial charge in [0, 0.05) is 13.1 Å². The topological polar surface area (TPSA) is 77.3 Å². The quantitative estimate of drug-likeness (QED) is 0.721. The van der Waals surface area contributed by atoms with Crippen LogP contribution in [0.2, 0.25) is 0 Å². The molecule has 0 amide bonds. The van der Waals surface area contributed by atoms with Gasteiger partial charge in [0.05, 0.1) is 48.2 Å². The molecular weight excluding hydrogens is 242 g/mol. The Hall–Kier alpha value is -1.77. The summed E-state index contributed by atoms with van der Waals surface area (Å²) < 4.78 is 5.17. The first-order valence-corrected chi connectivity index (χ1v) is 6.43. The average Bonchev–Trinajstić information content (AvgIpc) is 2.40. The normalized spacial score (nSPS) is 16.3. The van der Waals surface area contributed by atoms with E-state index in [1.807, 2.05) is 19.1 Å². The Labute approximate surface area is 113 Å². The van der Waals surface area contributed by atoms with Gasteiger partial charge in [0.15, 0.2) is 0 Å². The van der Waals surface area contributed by atoms with Crippen molar-refractivity contribution in [2.75, 3.05) is 43.5 Å². The van der Waals surface area contributed by atoms with Crippen LogP contribution < -0.4 is 10.6 Å². The minimum atomic E-state index is -0.188. The van der Waals surface area contributed by atoms with E-state index in [1.165, 1.54) is 0 Å². The molecule has 1 fully saturated rings. The van der Waals surface area contributed by atoms with E-state index in [1.54, 1.807) is 6.07 Å². The van der Waals surface area contributed by atoms with Gasteiger partial charge in [-0.25, -0.2) is 0 Å². The highest BCUT2D eigenvalue weighted by Crippen LogP contribution is 2.29. The molecule has 5 heteroatoms. The number of ether oxygens (including phenoxy) is 1. The van der Waals surface area contributed by atoms with Crippen molar-refractivity contribution in [1.29, 1.82) is 5.26 Å². The molecule has 0 radical (unpaired) electrons. The van der Waals surface area contributed by atoms with Crippen molar-refractivity contribution in [3.05, 3.63) is 23.8 Å². The predicted octanol–water partition coefficient (Wildman–Crippen LogP) is 1.41. The summed E-state index contributed by atoms with van der Waals surface area (Å²) in [7, 11) is 0. The zero-order valence-electron chi connectivity index (χ0n) is 11.1. The number of nitrogens with one attached hydrogen (secondary N) is 2. The molecule has 0 aliphatic carbocycles. The summed E-state index contributed by atoms with van der Waals surface area (Å²) in [6.45, 7) is 4.73. The number of nitriles is 1. The van der Waals surface area contributed by atoms with Crippen LogP contribution in [0.4, 0.5) is 11.4 Å². The predicted molar refractivity (Wildman–Crippen MR) is 74.1 cm³/mol. The molecule has 1 aromatic carbocycles. The Morgan fingerprint density at radius 3 is 2.68 bits per heavy atom.